The highest BCUT2D eigenvalue weighted by Crippen LogP contribution is 2.51. The fourth-order valence-corrected chi connectivity index (χ4v) is 3.73. The first-order chi connectivity index (χ1) is 14.2. The molecule has 0 unspecified atom stereocenters. The Morgan fingerprint density at radius 2 is 2.00 bits per heavy atom. The maximum Gasteiger partial charge on any atom is 0.247 e. The molecule has 2 aromatic heterocycles. The van der Waals surface area contributed by atoms with E-state index in [0.717, 1.165) is 18.5 Å². The lowest BCUT2D eigenvalue weighted by atomic mass is 9.83. The summed E-state index contributed by atoms with van der Waals surface area (Å²) < 4.78 is 10.6. The monoisotopic (exact) mass is 393 g/mol. The molecule has 0 radical (unpaired) electrons. The number of rotatable bonds is 8. The van der Waals surface area contributed by atoms with Crippen LogP contribution in [0.15, 0.2) is 36.7 Å². The van der Waals surface area contributed by atoms with Gasteiger partial charge in [0.15, 0.2) is 0 Å². The molecule has 3 heterocycles. The van der Waals surface area contributed by atoms with Crippen LogP contribution >= 0.6 is 0 Å². The number of hydrogen-bond donors (Lipinski definition) is 1. The average Bonchev–Trinajstić information content (AvgIpc) is 3.53. The van der Waals surface area contributed by atoms with Crippen molar-refractivity contribution in [2.24, 2.45) is 11.3 Å². The Labute approximate surface area is 169 Å². The molecule has 2 aromatic rings. The largest absolute Gasteiger partial charge is 0.491 e. The first kappa shape index (κ1) is 19.2. The number of carbonyl (C=O) groups is 1. The van der Waals surface area contributed by atoms with Crippen LogP contribution in [0.2, 0.25) is 0 Å². The lowest BCUT2D eigenvalue weighted by molar-refractivity contribution is -0.123. The molecule has 150 valence electrons. The van der Waals surface area contributed by atoms with E-state index in [1.54, 1.807) is 48.7 Å². The van der Waals surface area contributed by atoms with E-state index in [2.05, 4.69) is 21.4 Å². The van der Waals surface area contributed by atoms with Crippen LogP contribution in [0.25, 0.3) is 0 Å². The molecule has 2 aliphatic rings. The third kappa shape index (κ3) is 3.87. The van der Waals surface area contributed by atoms with Gasteiger partial charge in [0.1, 0.15) is 29.4 Å². The standard InChI is InChI=1S/C21H23N5O3/c1-28-10-11-29-17-5-8-24-19(13-17)25-18-12-16(4-7-23-18)26-9-6-21(14-22,20(26)27)15-2-3-15/h4-5,7-8,12-13,15H,2-3,6,9-11H2,1H3,(H,23,24,25)/t21-/m1/s1. The first-order valence-electron chi connectivity index (χ1n) is 9.70. The molecule has 1 saturated heterocycles. The Balaban J connectivity index is 1.48. The van der Waals surface area contributed by atoms with Crippen molar-refractivity contribution < 1.29 is 14.3 Å². The smallest absolute Gasteiger partial charge is 0.247 e. The van der Waals surface area contributed by atoms with Crippen LogP contribution in [-0.4, -0.2) is 42.7 Å². The summed E-state index contributed by atoms with van der Waals surface area (Å²) >= 11 is 0. The topological polar surface area (TPSA) is 100 Å². The molecule has 4 rings (SSSR count). The Hall–Kier alpha value is -3.18. The number of amides is 1. The molecule has 0 bridgehead atoms. The molecule has 2 fully saturated rings. The average molecular weight is 393 g/mol. The Morgan fingerprint density at radius 3 is 2.72 bits per heavy atom. The van der Waals surface area contributed by atoms with Crippen LogP contribution in [-0.2, 0) is 9.53 Å². The van der Waals surface area contributed by atoms with Gasteiger partial charge in [-0.1, -0.05) is 0 Å². The van der Waals surface area contributed by atoms with E-state index in [0.29, 0.717) is 43.6 Å². The zero-order chi connectivity index (χ0) is 20.3. The van der Waals surface area contributed by atoms with Crippen molar-refractivity contribution in [2.45, 2.75) is 19.3 Å². The second-order valence-electron chi connectivity index (χ2n) is 7.31. The number of nitrogens with zero attached hydrogens (tertiary/aromatic N) is 4. The van der Waals surface area contributed by atoms with Gasteiger partial charge in [-0.15, -0.1) is 0 Å². The van der Waals surface area contributed by atoms with Gasteiger partial charge in [-0.3, -0.25) is 4.79 Å². The Kier molecular flexibility index (Phi) is 5.32. The van der Waals surface area contributed by atoms with E-state index in [4.69, 9.17) is 9.47 Å². The first-order valence-corrected chi connectivity index (χ1v) is 9.70. The van der Waals surface area contributed by atoms with E-state index < -0.39 is 5.41 Å². The predicted molar refractivity (Wildman–Crippen MR) is 107 cm³/mol. The number of hydrogen-bond acceptors (Lipinski definition) is 7. The fourth-order valence-electron chi connectivity index (χ4n) is 3.73. The number of nitriles is 1. The fraction of sp³-hybridized carbons (Fsp3) is 0.429. The van der Waals surface area contributed by atoms with Crippen molar-refractivity contribution in [3.05, 3.63) is 36.7 Å². The molecule has 8 nitrogen and oxygen atoms in total. The van der Waals surface area contributed by atoms with E-state index in [9.17, 15) is 10.1 Å². The molecule has 8 heteroatoms. The van der Waals surface area contributed by atoms with Crippen LogP contribution < -0.4 is 15.0 Å². The molecule has 1 saturated carbocycles. The highest BCUT2D eigenvalue weighted by atomic mass is 16.5. The van der Waals surface area contributed by atoms with Gasteiger partial charge >= 0.3 is 0 Å². The molecule has 1 amide bonds. The zero-order valence-electron chi connectivity index (χ0n) is 16.3. The number of nitrogens with one attached hydrogen (secondary N) is 1. The van der Waals surface area contributed by atoms with Gasteiger partial charge in [0, 0.05) is 43.9 Å². The molecule has 1 aliphatic carbocycles. The van der Waals surface area contributed by atoms with Gasteiger partial charge in [0.25, 0.3) is 0 Å². The van der Waals surface area contributed by atoms with E-state index in [1.165, 1.54) is 0 Å². The SMILES string of the molecule is COCCOc1ccnc(Nc2cc(N3CC[C@@](C#N)(C4CC4)C3=O)ccn2)c1. The van der Waals surface area contributed by atoms with Gasteiger partial charge in [-0.25, -0.2) is 9.97 Å². The number of anilines is 3. The summed E-state index contributed by atoms with van der Waals surface area (Å²) in [5, 5.41) is 12.8. The minimum absolute atomic E-state index is 0.0914. The summed E-state index contributed by atoms with van der Waals surface area (Å²) in [4.78, 5) is 23.3. The Morgan fingerprint density at radius 1 is 1.24 bits per heavy atom. The number of ether oxygens (including phenoxy) is 2. The van der Waals surface area contributed by atoms with Crippen LogP contribution in [0.3, 0.4) is 0 Å². The van der Waals surface area contributed by atoms with Crippen molar-refractivity contribution in [2.75, 3.05) is 37.1 Å². The highest BCUT2D eigenvalue weighted by molar-refractivity contribution is 6.02. The van der Waals surface area contributed by atoms with E-state index in [1.807, 2.05) is 0 Å². The molecular formula is C21H23N5O3. The van der Waals surface area contributed by atoms with Crippen molar-refractivity contribution in [1.82, 2.24) is 9.97 Å². The second kappa shape index (κ2) is 8.05. The van der Waals surface area contributed by atoms with Crippen LogP contribution in [0.1, 0.15) is 19.3 Å². The van der Waals surface area contributed by atoms with Gasteiger partial charge in [-0.2, -0.15) is 5.26 Å². The van der Waals surface area contributed by atoms with E-state index in [-0.39, 0.29) is 11.8 Å². The molecule has 29 heavy (non-hydrogen) atoms. The zero-order valence-corrected chi connectivity index (χ0v) is 16.3. The lowest BCUT2D eigenvalue weighted by Crippen LogP contribution is -2.35. The number of aromatic nitrogens is 2. The summed E-state index contributed by atoms with van der Waals surface area (Å²) in [5.74, 6) is 1.94. The maximum absolute atomic E-state index is 13.0. The molecule has 1 atom stereocenters. The summed E-state index contributed by atoms with van der Waals surface area (Å²) in [5.41, 5.74) is -0.121. The molecular weight excluding hydrogens is 370 g/mol. The summed E-state index contributed by atoms with van der Waals surface area (Å²) in [6.07, 6.45) is 5.80. The van der Waals surface area contributed by atoms with Gasteiger partial charge in [0.05, 0.1) is 12.7 Å². The summed E-state index contributed by atoms with van der Waals surface area (Å²) in [6, 6.07) is 9.46. The number of carbonyl (C=O) groups excluding carboxylic acids is 1. The van der Waals surface area contributed by atoms with Crippen molar-refractivity contribution >= 4 is 23.2 Å². The molecule has 0 spiro atoms. The van der Waals surface area contributed by atoms with Crippen molar-refractivity contribution in [3.63, 3.8) is 0 Å². The predicted octanol–water partition coefficient (Wildman–Crippen LogP) is 2.90. The third-order valence-corrected chi connectivity index (χ3v) is 5.43. The minimum atomic E-state index is -0.855. The highest BCUT2D eigenvalue weighted by Gasteiger charge is 2.56. The lowest BCUT2D eigenvalue weighted by Gasteiger charge is -2.21. The summed E-state index contributed by atoms with van der Waals surface area (Å²) in [6.45, 7) is 1.50. The van der Waals surface area contributed by atoms with E-state index >= 15 is 0 Å². The number of methoxy groups -OCH3 is 1. The van der Waals surface area contributed by atoms with Crippen molar-refractivity contribution in [3.8, 4) is 11.8 Å². The van der Waals surface area contributed by atoms with Crippen LogP contribution in [0.4, 0.5) is 17.3 Å². The van der Waals surface area contributed by atoms with Crippen LogP contribution in [0.5, 0.6) is 5.75 Å². The number of pyridine rings is 2. The maximum atomic E-state index is 13.0. The van der Waals surface area contributed by atoms with Gasteiger partial charge in [0.2, 0.25) is 5.91 Å². The van der Waals surface area contributed by atoms with Gasteiger partial charge in [-0.05, 0) is 37.3 Å². The summed E-state index contributed by atoms with van der Waals surface area (Å²) in [7, 11) is 1.62. The normalized spacial score (nSPS) is 21.1. The minimum Gasteiger partial charge on any atom is -0.491 e. The quantitative estimate of drug-likeness (QED) is 0.688. The van der Waals surface area contributed by atoms with Crippen molar-refractivity contribution in [1.29, 1.82) is 5.26 Å². The van der Waals surface area contributed by atoms with Crippen LogP contribution in [0, 0.1) is 22.7 Å². The molecule has 1 aliphatic heterocycles. The van der Waals surface area contributed by atoms with Gasteiger partial charge < -0.3 is 19.7 Å². The molecule has 0 aromatic carbocycles. The molecule has 1 N–H and O–H groups in total. The Bertz CT molecular complexity index is 940. The second-order valence-corrected chi connectivity index (χ2v) is 7.31. The third-order valence-electron chi connectivity index (χ3n) is 5.43.